The van der Waals surface area contributed by atoms with Crippen LogP contribution < -0.4 is 5.56 Å². The normalized spacial score (nSPS) is 11.9. The second-order valence-electron chi connectivity index (χ2n) is 8.35. The van der Waals surface area contributed by atoms with Gasteiger partial charge in [0.1, 0.15) is 10.9 Å². The number of rotatable bonds is 7. The van der Waals surface area contributed by atoms with Crippen molar-refractivity contribution in [3.63, 3.8) is 0 Å². The third-order valence-electron chi connectivity index (χ3n) is 5.86. The van der Waals surface area contributed by atoms with E-state index < -0.39 is 0 Å². The van der Waals surface area contributed by atoms with E-state index in [1.165, 1.54) is 5.56 Å². The Morgan fingerprint density at radius 2 is 1.70 bits per heavy atom. The third kappa shape index (κ3) is 4.02. The number of para-hydroxylation sites is 2. The molecule has 0 atom stereocenters. The molecule has 2 aromatic carbocycles. The van der Waals surface area contributed by atoms with Gasteiger partial charge in [0.2, 0.25) is 0 Å². The highest BCUT2D eigenvalue weighted by Crippen LogP contribution is 2.25. The highest BCUT2D eigenvalue weighted by atomic mass is 16.1. The maximum Gasteiger partial charge on any atom is 0.265 e. The Kier molecular flexibility index (Phi) is 5.69. The van der Waals surface area contributed by atoms with Crippen molar-refractivity contribution in [2.45, 2.75) is 46.1 Å². The monoisotopic (exact) mass is 438 g/mol. The topological polar surface area (TPSA) is 78.0 Å². The number of hydrogen-bond acceptors (Lipinski definition) is 5. The van der Waals surface area contributed by atoms with Gasteiger partial charge in [-0.05, 0) is 31.0 Å². The van der Waals surface area contributed by atoms with Crippen LogP contribution in [0.15, 0.2) is 64.8 Å². The Morgan fingerprint density at radius 3 is 2.45 bits per heavy atom. The highest BCUT2D eigenvalue weighted by Gasteiger charge is 2.19. The zero-order valence-corrected chi connectivity index (χ0v) is 18.9. The molecule has 0 aliphatic rings. The van der Waals surface area contributed by atoms with E-state index in [9.17, 15) is 4.79 Å². The predicted molar refractivity (Wildman–Crippen MR) is 133 cm³/mol. The molecule has 7 heteroatoms. The molecule has 0 bridgehead atoms. The van der Waals surface area contributed by atoms with Crippen molar-refractivity contribution in [2.75, 3.05) is 0 Å². The molecule has 0 amide bonds. The molecule has 3 aromatic heterocycles. The first-order valence-electron chi connectivity index (χ1n) is 11.4. The maximum atomic E-state index is 13.5. The van der Waals surface area contributed by atoms with Gasteiger partial charge in [0.25, 0.3) is 5.56 Å². The van der Waals surface area contributed by atoms with Crippen molar-refractivity contribution in [3.8, 4) is 0 Å². The molecule has 0 saturated carbocycles. The standard InChI is InChI=1S/C26H26N6O/c1-3-4-5-8-15-31-17-27-24-22(26(31)33)23-25(30-21-10-7-6-9-20(21)29-23)32(24)28-16-19-13-11-18(2)12-14-19/h6-7,9-14,16-17H,3-5,8,15H2,1-2H3/b28-16+. The van der Waals surface area contributed by atoms with Gasteiger partial charge in [-0.1, -0.05) is 68.1 Å². The molecule has 0 unspecified atom stereocenters. The summed E-state index contributed by atoms with van der Waals surface area (Å²) in [7, 11) is 0. The first-order valence-corrected chi connectivity index (χ1v) is 11.4. The summed E-state index contributed by atoms with van der Waals surface area (Å²) in [6, 6.07) is 15.7. The third-order valence-corrected chi connectivity index (χ3v) is 5.86. The minimum absolute atomic E-state index is 0.102. The Balaban J connectivity index is 1.70. The van der Waals surface area contributed by atoms with Crippen LogP contribution in [0.5, 0.6) is 0 Å². The van der Waals surface area contributed by atoms with Gasteiger partial charge in [0, 0.05) is 6.54 Å². The van der Waals surface area contributed by atoms with Gasteiger partial charge in [0.05, 0.1) is 23.6 Å². The van der Waals surface area contributed by atoms with E-state index in [4.69, 9.17) is 9.97 Å². The molecule has 5 rings (SSSR count). The van der Waals surface area contributed by atoms with Crippen molar-refractivity contribution in [1.29, 1.82) is 0 Å². The van der Waals surface area contributed by atoms with E-state index in [-0.39, 0.29) is 5.56 Å². The molecule has 166 valence electrons. The Labute approximate surface area is 191 Å². The lowest BCUT2D eigenvalue weighted by Gasteiger charge is -2.05. The summed E-state index contributed by atoms with van der Waals surface area (Å²) in [5.74, 6) is 0. The molecule has 0 fully saturated rings. The Bertz CT molecular complexity index is 1530. The average molecular weight is 439 g/mol. The van der Waals surface area contributed by atoms with Crippen LogP contribution in [0.2, 0.25) is 0 Å². The van der Waals surface area contributed by atoms with Crippen LogP contribution in [0, 0.1) is 6.92 Å². The smallest absolute Gasteiger partial charge is 0.265 e. The van der Waals surface area contributed by atoms with Gasteiger partial charge in [-0.25, -0.2) is 15.0 Å². The lowest BCUT2D eigenvalue weighted by molar-refractivity contribution is 0.567. The van der Waals surface area contributed by atoms with Crippen LogP contribution in [0.25, 0.3) is 33.2 Å². The molecule has 0 aliphatic heterocycles. The quantitative estimate of drug-likeness (QED) is 0.263. The van der Waals surface area contributed by atoms with Crippen LogP contribution >= 0.6 is 0 Å². The second-order valence-corrected chi connectivity index (χ2v) is 8.35. The lowest BCUT2D eigenvalue weighted by atomic mass is 10.2. The van der Waals surface area contributed by atoms with Crippen LogP contribution in [0.3, 0.4) is 0 Å². The first-order chi connectivity index (χ1) is 16.2. The molecule has 0 saturated heterocycles. The van der Waals surface area contributed by atoms with Gasteiger partial charge < -0.3 is 0 Å². The van der Waals surface area contributed by atoms with Crippen molar-refractivity contribution in [1.82, 2.24) is 24.2 Å². The minimum Gasteiger partial charge on any atom is -0.299 e. The van der Waals surface area contributed by atoms with E-state index >= 15 is 0 Å². The van der Waals surface area contributed by atoms with E-state index in [0.29, 0.717) is 28.7 Å². The van der Waals surface area contributed by atoms with Gasteiger partial charge in [-0.15, -0.1) is 0 Å². The fourth-order valence-corrected chi connectivity index (χ4v) is 4.01. The number of aryl methyl sites for hydroxylation is 2. The second kappa shape index (κ2) is 8.94. The van der Waals surface area contributed by atoms with Crippen LogP contribution in [-0.4, -0.2) is 30.4 Å². The highest BCUT2D eigenvalue weighted by molar-refractivity contribution is 6.04. The number of fused-ring (bicyclic) bond motifs is 4. The largest absolute Gasteiger partial charge is 0.299 e. The molecule has 7 nitrogen and oxygen atoms in total. The number of benzene rings is 2. The zero-order chi connectivity index (χ0) is 22.8. The summed E-state index contributed by atoms with van der Waals surface area (Å²) in [5, 5.41) is 5.13. The van der Waals surface area contributed by atoms with E-state index in [1.807, 2.05) is 55.5 Å². The Morgan fingerprint density at radius 1 is 0.939 bits per heavy atom. The molecule has 0 radical (unpaired) electrons. The number of nitrogens with zero attached hydrogens (tertiary/aromatic N) is 6. The summed E-state index contributed by atoms with van der Waals surface area (Å²) in [6.07, 6.45) is 7.73. The fraction of sp³-hybridized carbons (Fsp3) is 0.269. The summed E-state index contributed by atoms with van der Waals surface area (Å²) in [6.45, 7) is 4.86. The van der Waals surface area contributed by atoms with Gasteiger partial charge in [0.15, 0.2) is 11.3 Å². The molecule has 3 heterocycles. The molecule has 5 aromatic rings. The molecule has 0 spiro atoms. The van der Waals surface area contributed by atoms with E-state index in [1.54, 1.807) is 21.8 Å². The molecule has 0 N–H and O–H groups in total. The van der Waals surface area contributed by atoms with Crippen molar-refractivity contribution >= 4 is 39.4 Å². The molecular formula is C26H26N6O. The zero-order valence-electron chi connectivity index (χ0n) is 18.9. The fourth-order valence-electron chi connectivity index (χ4n) is 4.01. The summed E-state index contributed by atoms with van der Waals surface area (Å²) >= 11 is 0. The van der Waals surface area contributed by atoms with E-state index in [0.717, 1.165) is 42.3 Å². The predicted octanol–water partition coefficient (Wildman–Crippen LogP) is 5.07. The van der Waals surface area contributed by atoms with Gasteiger partial charge >= 0.3 is 0 Å². The first kappa shape index (κ1) is 21.0. The lowest BCUT2D eigenvalue weighted by Crippen LogP contribution is -2.20. The summed E-state index contributed by atoms with van der Waals surface area (Å²) in [5.41, 5.74) is 5.05. The number of unbranched alkanes of at least 4 members (excludes halogenated alkanes) is 3. The average Bonchev–Trinajstić information content (AvgIpc) is 3.14. The minimum atomic E-state index is -0.102. The van der Waals surface area contributed by atoms with Crippen LogP contribution in [0.4, 0.5) is 0 Å². The van der Waals surface area contributed by atoms with Crippen LogP contribution in [0.1, 0.15) is 43.7 Å². The van der Waals surface area contributed by atoms with Crippen LogP contribution in [-0.2, 0) is 6.54 Å². The van der Waals surface area contributed by atoms with E-state index in [2.05, 4.69) is 17.0 Å². The van der Waals surface area contributed by atoms with Gasteiger partial charge in [-0.3, -0.25) is 9.36 Å². The van der Waals surface area contributed by atoms with Crippen molar-refractivity contribution < 1.29 is 0 Å². The van der Waals surface area contributed by atoms with Gasteiger partial charge in [-0.2, -0.15) is 9.78 Å². The van der Waals surface area contributed by atoms with Crippen molar-refractivity contribution in [3.05, 3.63) is 76.3 Å². The SMILES string of the molecule is CCCCCCn1cnc2c(c1=O)c1nc3ccccc3nc1n2/N=C/c1ccc(C)cc1. The number of aromatic nitrogens is 5. The molecular weight excluding hydrogens is 412 g/mol. The molecule has 0 aliphatic carbocycles. The molecule has 33 heavy (non-hydrogen) atoms. The number of hydrogen-bond donors (Lipinski definition) is 0. The maximum absolute atomic E-state index is 13.5. The van der Waals surface area contributed by atoms with Crippen molar-refractivity contribution in [2.24, 2.45) is 5.10 Å². The summed E-state index contributed by atoms with van der Waals surface area (Å²) in [4.78, 5) is 27.7. The Hall–Kier alpha value is -3.87. The summed E-state index contributed by atoms with van der Waals surface area (Å²) < 4.78 is 3.31.